The van der Waals surface area contributed by atoms with E-state index in [4.69, 9.17) is 4.74 Å². The summed E-state index contributed by atoms with van der Waals surface area (Å²) in [4.78, 5) is 14.3. The number of nitrogens with zero attached hydrogens (tertiary/aromatic N) is 2. The van der Waals surface area contributed by atoms with Gasteiger partial charge in [-0.2, -0.15) is 0 Å². The van der Waals surface area contributed by atoms with Gasteiger partial charge in [-0.15, -0.1) is 4.91 Å². The maximum Gasteiger partial charge on any atom is 0.216 e. The van der Waals surface area contributed by atoms with Crippen molar-refractivity contribution in [2.24, 2.45) is 5.18 Å². The van der Waals surface area contributed by atoms with E-state index < -0.39 is 0 Å². The van der Waals surface area contributed by atoms with E-state index in [0.29, 0.717) is 17.3 Å². The molecule has 1 rings (SSSR count). The molecule has 0 aromatic carbocycles. The fourth-order valence-corrected chi connectivity index (χ4v) is 0.968. The van der Waals surface area contributed by atoms with Crippen LogP contribution < -0.4 is 4.74 Å². The van der Waals surface area contributed by atoms with Crippen molar-refractivity contribution in [1.82, 2.24) is 4.98 Å². The minimum absolute atomic E-state index is 0.369. The zero-order valence-corrected chi connectivity index (χ0v) is 7.29. The average Bonchev–Trinajstić information content (AvgIpc) is 2.08. The van der Waals surface area contributed by atoms with Crippen LogP contribution in [0.25, 0.3) is 0 Å². The highest BCUT2D eigenvalue weighted by molar-refractivity contribution is 5.46. The lowest BCUT2D eigenvalue weighted by atomic mass is 10.2. The Balaban J connectivity index is 3.25. The molecule has 0 aliphatic heterocycles. The standard InChI is InChI=1S/C8H10N2O2/c1-5-4-7(10-11)6(2)9-8(5)12-3/h4H,1-3H3. The molecule has 0 spiro atoms. The third kappa shape index (κ3) is 1.42. The number of nitroso groups, excluding NO2 is 1. The highest BCUT2D eigenvalue weighted by Gasteiger charge is 2.05. The number of hydrogen-bond acceptors (Lipinski definition) is 4. The van der Waals surface area contributed by atoms with Gasteiger partial charge in [-0.3, -0.25) is 0 Å². The van der Waals surface area contributed by atoms with E-state index >= 15 is 0 Å². The van der Waals surface area contributed by atoms with E-state index in [1.807, 2.05) is 6.92 Å². The molecule has 0 radical (unpaired) electrons. The second kappa shape index (κ2) is 3.30. The van der Waals surface area contributed by atoms with Crippen LogP contribution in [-0.2, 0) is 0 Å². The predicted molar refractivity (Wildman–Crippen MR) is 45.7 cm³/mol. The Kier molecular flexibility index (Phi) is 2.38. The Morgan fingerprint density at radius 3 is 2.67 bits per heavy atom. The maximum absolute atomic E-state index is 10.2. The summed E-state index contributed by atoms with van der Waals surface area (Å²) in [6.07, 6.45) is 0. The molecule has 0 bridgehead atoms. The summed E-state index contributed by atoms with van der Waals surface area (Å²) in [5.74, 6) is 0.542. The molecule has 0 atom stereocenters. The topological polar surface area (TPSA) is 51.6 Å². The van der Waals surface area contributed by atoms with Crippen molar-refractivity contribution in [3.8, 4) is 5.88 Å². The van der Waals surface area contributed by atoms with Crippen LogP contribution in [-0.4, -0.2) is 12.1 Å². The third-order valence-corrected chi connectivity index (χ3v) is 1.62. The molecular weight excluding hydrogens is 156 g/mol. The van der Waals surface area contributed by atoms with E-state index in [9.17, 15) is 4.91 Å². The molecule has 1 aromatic rings. The van der Waals surface area contributed by atoms with Gasteiger partial charge in [-0.1, -0.05) is 0 Å². The SMILES string of the molecule is COc1nc(C)c(N=O)cc1C. The fourth-order valence-electron chi connectivity index (χ4n) is 0.968. The molecule has 0 unspecified atom stereocenters. The first-order chi connectivity index (χ1) is 5.69. The van der Waals surface area contributed by atoms with Gasteiger partial charge in [-0.25, -0.2) is 4.98 Å². The Morgan fingerprint density at radius 1 is 1.50 bits per heavy atom. The smallest absolute Gasteiger partial charge is 0.216 e. The van der Waals surface area contributed by atoms with Gasteiger partial charge in [0.25, 0.3) is 0 Å². The van der Waals surface area contributed by atoms with Gasteiger partial charge in [0.15, 0.2) is 0 Å². The molecule has 0 fully saturated rings. The fraction of sp³-hybridized carbons (Fsp3) is 0.375. The van der Waals surface area contributed by atoms with Crippen molar-refractivity contribution >= 4 is 5.69 Å². The third-order valence-electron chi connectivity index (χ3n) is 1.62. The lowest BCUT2D eigenvalue weighted by Crippen LogP contribution is -1.93. The molecule has 4 heteroatoms. The van der Waals surface area contributed by atoms with E-state index in [1.165, 1.54) is 0 Å². The summed E-state index contributed by atoms with van der Waals surface area (Å²) in [6.45, 7) is 3.54. The van der Waals surface area contributed by atoms with Crippen LogP contribution in [0.4, 0.5) is 5.69 Å². The minimum Gasteiger partial charge on any atom is -0.481 e. The normalized spacial score (nSPS) is 9.58. The van der Waals surface area contributed by atoms with Crippen molar-refractivity contribution in [3.63, 3.8) is 0 Å². The molecule has 4 nitrogen and oxygen atoms in total. The Hall–Kier alpha value is -1.45. The van der Waals surface area contributed by atoms with E-state index in [2.05, 4.69) is 10.2 Å². The summed E-state index contributed by atoms with van der Waals surface area (Å²) in [7, 11) is 1.54. The van der Waals surface area contributed by atoms with E-state index in [0.717, 1.165) is 5.56 Å². The number of aryl methyl sites for hydroxylation is 2. The van der Waals surface area contributed by atoms with Crippen molar-refractivity contribution in [1.29, 1.82) is 0 Å². The molecular formula is C8H10N2O2. The highest BCUT2D eigenvalue weighted by atomic mass is 16.5. The predicted octanol–water partition coefficient (Wildman–Crippen LogP) is 2.10. The minimum atomic E-state index is 0.369. The number of methoxy groups -OCH3 is 1. The summed E-state index contributed by atoms with van der Waals surface area (Å²) >= 11 is 0. The maximum atomic E-state index is 10.2. The second-order valence-electron chi connectivity index (χ2n) is 2.51. The monoisotopic (exact) mass is 166 g/mol. The molecule has 0 aliphatic rings. The van der Waals surface area contributed by atoms with E-state index in [-0.39, 0.29) is 0 Å². The van der Waals surface area contributed by atoms with Crippen molar-refractivity contribution in [2.45, 2.75) is 13.8 Å². The van der Waals surface area contributed by atoms with Gasteiger partial charge in [-0.05, 0) is 25.1 Å². The first kappa shape index (κ1) is 8.64. The molecule has 12 heavy (non-hydrogen) atoms. The first-order valence-corrected chi connectivity index (χ1v) is 3.54. The van der Waals surface area contributed by atoms with Crippen LogP contribution >= 0.6 is 0 Å². The molecule has 1 aromatic heterocycles. The summed E-state index contributed by atoms with van der Waals surface area (Å²) in [6, 6.07) is 1.66. The van der Waals surface area contributed by atoms with Crippen LogP contribution in [0.1, 0.15) is 11.3 Å². The van der Waals surface area contributed by atoms with Crippen LogP contribution in [0.3, 0.4) is 0 Å². The zero-order valence-electron chi connectivity index (χ0n) is 7.29. The van der Waals surface area contributed by atoms with Crippen LogP contribution in [0, 0.1) is 18.8 Å². The largest absolute Gasteiger partial charge is 0.481 e. The second-order valence-corrected chi connectivity index (χ2v) is 2.51. The summed E-state index contributed by atoms with van der Waals surface area (Å²) < 4.78 is 4.97. The van der Waals surface area contributed by atoms with Crippen molar-refractivity contribution in [3.05, 3.63) is 22.2 Å². The quantitative estimate of drug-likeness (QED) is 0.632. The molecule has 64 valence electrons. The molecule has 0 N–H and O–H groups in total. The zero-order chi connectivity index (χ0) is 9.14. The van der Waals surface area contributed by atoms with Crippen molar-refractivity contribution in [2.75, 3.05) is 7.11 Å². The van der Waals surface area contributed by atoms with Crippen LogP contribution in [0.5, 0.6) is 5.88 Å². The molecule has 1 heterocycles. The number of rotatable bonds is 2. The van der Waals surface area contributed by atoms with Crippen LogP contribution in [0.2, 0.25) is 0 Å². The van der Waals surface area contributed by atoms with Gasteiger partial charge in [0, 0.05) is 5.56 Å². The van der Waals surface area contributed by atoms with Gasteiger partial charge >= 0.3 is 0 Å². The van der Waals surface area contributed by atoms with E-state index in [1.54, 1.807) is 20.1 Å². The highest BCUT2D eigenvalue weighted by Crippen LogP contribution is 2.23. The average molecular weight is 166 g/mol. The Morgan fingerprint density at radius 2 is 2.17 bits per heavy atom. The first-order valence-electron chi connectivity index (χ1n) is 3.54. The lowest BCUT2D eigenvalue weighted by Gasteiger charge is -2.04. The number of hydrogen-bond donors (Lipinski definition) is 0. The van der Waals surface area contributed by atoms with Crippen molar-refractivity contribution < 1.29 is 4.74 Å². The summed E-state index contributed by atoms with van der Waals surface area (Å²) in [5.41, 5.74) is 1.78. The molecule has 0 amide bonds. The number of pyridine rings is 1. The van der Waals surface area contributed by atoms with Gasteiger partial charge in [0.05, 0.1) is 12.8 Å². The van der Waals surface area contributed by atoms with Gasteiger partial charge < -0.3 is 4.74 Å². The van der Waals surface area contributed by atoms with Gasteiger partial charge in [0.1, 0.15) is 5.69 Å². The van der Waals surface area contributed by atoms with Crippen LogP contribution in [0.15, 0.2) is 11.2 Å². The molecule has 0 saturated heterocycles. The molecule has 0 saturated carbocycles. The summed E-state index contributed by atoms with van der Waals surface area (Å²) in [5, 5.41) is 2.84. The number of aromatic nitrogens is 1. The molecule has 0 aliphatic carbocycles. The number of ether oxygens (including phenoxy) is 1. The Labute approximate surface area is 70.6 Å². The lowest BCUT2D eigenvalue weighted by molar-refractivity contribution is 0.393. The Bertz CT molecular complexity index is 310. The van der Waals surface area contributed by atoms with Gasteiger partial charge in [0.2, 0.25) is 5.88 Å².